The van der Waals surface area contributed by atoms with Crippen LogP contribution in [-0.4, -0.2) is 25.2 Å². The maximum atomic E-state index is 11.5. The molecule has 1 saturated carbocycles. The van der Waals surface area contributed by atoms with Crippen molar-refractivity contribution in [3.05, 3.63) is 35.9 Å². The molecule has 0 saturated heterocycles. The Bertz CT molecular complexity index is 391. The number of hydrogen-bond acceptors (Lipinski definition) is 3. The highest BCUT2D eigenvalue weighted by atomic mass is 16.5. The second-order valence-corrected chi connectivity index (χ2v) is 4.92. The normalized spacial score (nSPS) is 23.4. The highest BCUT2D eigenvalue weighted by Crippen LogP contribution is 2.40. The van der Waals surface area contributed by atoms with E-state index in [0.29, 0.717) is 25.1 Å². The van der Waals surface area contributed by atoms with E-state index >= 15 is 0 Å². The third kappa shape index (κ3) is 3.33. The van der Waals surface area contributed by atoms with Gasteiger partial charge >= 0.3 is 5.97 Å². The van der Waals surface area contributed by atoms with Crippen LogP contribution >= 0.6 is 0 Å². The van der Waals surface area contributed by atoms with Crippen molar-refractivity contribution in [2.24, 2.45) is 5.92 Å². The van der Waals surface area contributed by atoms with Gasteiger partial charge in [-0.05, 0) is 18.9 Å². The van der Waals surface area contributed by atoms with Crippen LogP contribution in [0.4, 0.5) is 0 Å². The Morgan fingerprint density at radius 1 is 1.44 bits per heavy atom. The summed E-state index contributed by atoms with van der Waals surface area (Å²) in [4.78, 5) is 11.5. The number of rotatable bonds is 6. The fourth-order valence-electron chi connectivity index (χ4n) is 2.19. The van der Waals surface area contributed by atoms with Gasteiger partial charge in [0.05, 0.1) is 12.5 Å². The summed E-state index contributed by atoms with van der Waals surface area (Å²) >= 11 is 0. The van der Waals surface area contributed by atoms with E-state index in [2.05, 4.69) is 29.6 Å². The number of benzene rings is 1. The summed E-state index contributed by atoms with van der Waals surface area (Å²) in [5, 5.41) is 3.44. The summed E-state index contributed by atoms with van der Waals surface area (Å²) in [5.74, 6) is 0.435. The van der Waals surface area contributed by atoms with Gasteiger partial charge in [0.25, 0.3) is 0 Å². The molecule has 1 fully saturated rings. The molecular weight excluding hydrogens is 226 g/mol. The highest BCUT2D eigenvalue weighted by molar-refractivity contribution is 5.72. The first-order valence-electron chi connectivity index (χ1n) is 6.67. The molecule has 0 heterocycles. The van der Waals surface area contributed by atoms with E-state index in [4.69, 9.17) is 4.74 Å². The van der Waals surface area contributed by atoms with Gasteiger partial charge in [-0.3, -0.25) is 4.79 Å². The molecule has 3 nitrogen and oxygen atoms in total. The molecule has 3 unspecified atom stereocenters. The van der Waals surface area contributed by atoms with Crippen LogP contribution < -0.4 is 5.32 Å². The van der Waals surface area contributed by atoms with Crippen molar-refractivity contribution in [1.82, 2.24) is 5.32 Å². The molecule has 1 aromatic rings. The molecule has 0 radical (unpaired) electrons. The van der Waals surface area contributed by atoms with Gasteiger partial charge in [0.15, 0.2) is 0 Å². The summed E-state index contributed by atoms with van der Waals surface area (Å²) < 4.78 is 4.99. The quantitative estimate of drug-likeness (QED) is 0.784. The first-order valence-corrected chi connectivity index (χ1v) is 6.67. The summed E-state index contributed by atoms with van der Waals surface area (Å²) in [5.41, 5.74) is 1.39. The van der Waals surface area contributed by atoms with Crippen LogP contribution in [-0.2, 0) is 9.53 Å². The predicted octanol–water partition coefficient (Wildman–Crippen LogP) is 2.33. The molecule has 1 aliphatic rings. The lowest BCUT2D eigenvalue weighted by atomic mass is 10.1. The van der Waals surface area contributed by atoms with Gasteiger partial charge in [-0.15, -0.1) is 0 Å². The fraction of sp³-hybridized carbons (Fsp3) is 0.533. The average Bonchev–Trinajstić information content (AvgIpc) is 3.17. The van der Waals surface area contributed by atoms with Crippen LogP contribution in [0.15, 0.2) is 30.3 Å². The molecule has 1 aliphatic carbocycles. The first-order chi connectivity index (χ1) is 8.72. The molecule has 0 aliphatic heterocycles. The van der Waals surface area contributed by atoms with Crippen molar-refractivity contribution >= 4 is 5.97 Å². The minimum absolute atomic E-state index is 0.0676. The van der Waals surface area contributed by atoms with Crippen molar-refractivity contribution in [3.63, 3.8) is 0 Å². The smallest absolute Gasteiger partial charge is 0.309 e. The lowest BCUT2D eigenvalue weighted by Gasteiger charge is -2.11. The van der Waals surface area contributed by atoms with Crippen molar-refractivity contribution in [2.45, 2.75) is 32.2 Å². The Balaban J connectivity index is 1.72. The van der Waals surface area contributed by atoms with Gasteiger partial charge in [-0.2, -0.15) is 0 Å². The Kier molecular flexibility index (Phi) is 4.37. The number of hydrogen-bond donors (Lipinski definition) is 1. The molecule has 18 heavy (non-hydrogen) atoms. The molecule has 1 N–H and O–H groups in total. The maximum absolute atomic E-state index is 11.5. The van der Waals surface area contributed by atoms with E-state index in [9.17, 15) is 4.79 Å². The van der Waals surface area contributed by atoms with Gasteiger partial charge in [0.1, 0.15) is 0 Å². The minimum atomic E-state index is -0.109. The van der Waals surface area contributed by atoms with E-state index in [1.807, 2.05) is 19.9 Å². The summed E-state index contributed by atoms with van der Waals surface area (Å²) in [7, 11) is 0. The summed E-state index contributed by atoms with van der Waals surface area (Å²) in [6, 6.07) is 11.0. The third-order valence-corrected chi connectivity index (χ3v) is 3.39. The van der Waals surface area contributed by atoms with E-state index in [1.165, 1.54) is 12.0 Å². The van der Waals surface area contributed by atoms with Crippen molar-refractivity contribution < 1.29 is 9.53 Å². The Morgan fingerprint density at radius 3 is 2.83 bits per heavy atom. The van der Waals surface area contributed by atoms with Crippen molar-refractivity contribution in [1.29, 1.82) is 0 Å². The highest BCUT2D eigenvalue weighted by Gasteiger charge is 2.38. The number of nitrogens with one attached hydrogen (secondary N) is 1. The summed E-state index contributed by atoms with van der Waals surface area (Å²) in [6.45, 7) is 4.90. The molecule has 2 rings (SSSR count). The largest absolute Gasteiger partial charge is 0.466 e. The van der Waals surface area contributed by atoms with Crippen LogP contribution in [0.2, 0.25) is 0 Å². The lowest BCUT2D eigenvalue weighted by molar-refractivity contribution is -0.147. The van der Waals surface area contributed by atoms with E-state index in [0.717, 1.165) is 0 Å². The monoisotopic (exact) mass is 247 g/mol. The molecule has 3 atom stereocenters. The number of esters is 1. The minimum Gasteiger partial charge on any atom is -0.466 e. The Morgan fingerprint density at radius 2 is 2.17 bits per heavy atom. The van der Waals surface area contributed by atoms with Gasteiger partial charge in [0, 0.05) is 18.5 Å². The van der Waals surface area contributed by atoms with E-state index < -0.39 is 0 Å². The molecular formula is C15H21NO2. The second-order valence-electron chi connectivity index (χ2n) is 4.92. The zero-order valence-electron chi connectivity index (χ0n) is 11.1. The van der Waals surface area contributed by atoms with Crippen molar-refractivity contribution in [3.8, 4) is 0 Å². The molecule has 0 aromatic heterocycles. The van der Waals surface area contributed by atoms with Crippen LogP contribution in [0, 0.1) is 5.92 Å². The van der Waals surface area contributed by atoms with Crippen LogP contribution in [0.25, 0.3) is 0 Å². The second kappa shape index (κ2) is 6.01. The van der Waals surface area contributed by atoms with Gasteiger partial charge in [-0.1, -0.05) is 37.3 Å². The van der Waals surface area contributed by atoms with Crippen LogP contribution in [0.5, 0.6) is 0 Å². The molecule has 0 bridgehead atoms. The lowest BCUT2D eigenvalue weighted by Crippen LogP contribution is -2.29. The zero-order valence-corrected chi connectivity index (χ0v) is 11.1. The number of ether oxygens (including phenoxy) is 1. The molecule has 0 spiro atoms. The third-order valence-electron chi connectivity index (χ3n) is 3.39. The topological polar surface area (TPSA) is 38.3 Å². The molecule has 0 amide bonds. The maximum Gasteiger partial charge on any atom is 0.309 e. The predicted molar refractivity (Wildman–Crippen MR) is 71.4 cm³/mol. The Labute approximate surface area is 109 Å². The fourth-order valence-corrected chi connectivity index (χ4v) is 2.19. The summed E-state index contributed by atoms with van der Waals surface area (Å²) in [6.07, 6.45) is 1.17. The van der Waals surface area contributed by atoms with Gasteiger partial charge < -0.3 is 10.1 Å². The van der Waals surface area contributed by atoms with Gasteiger partial charge in [-0.25, -0.2) is 0 Å². The molecule has 98 valence electrons. The molecule has 3 heteroatoms. The Hall–Kier alpha value is -1.35. The first kappa shape index (κ1) is 13.1. The zero-order chi connectivity index (χ0) is 13.0. The SMILES string of the molecule is CCOC(=O)C(C)CNC1CC1c1ccccc1. The van der Waals surface area contributed by atoms with E-state index in [-0.39, 0.29) is 11.9 Å². The average molecular weight is 247 g/mol. The number of carbonyl (C=O) groups excluding carboxylic acids is 1. The van der Waals surface area contributed by atoms with Crippen LogP contribution in [0.3, 0.4) is 0 Å². The van der Waals surface area contributed by atoms with E-state index in [1.54, 1.807) is 0 Å². The van der Waals surface area contributed by atoms with Crippen molar-refractivity contribution in [2.75, 3.05) is 13.2 Å². The number of carbonyl (C=O) groups is 1. The molecule has 1 aromatic carbocycles. The standard InChI is InChI=1S/C15H21NO2/c1-3-18-15(17)11(2)10-16-14-9-13(14)12-7-5-4-6-8-12/h4-8,11,13-14,16H,3,9-10H2,1-2H3. The van der Waals surface area contributed by atoms with Crippen LogP contribution in [0.1, 0.15) is 31.7 Å². The van der Waals surface area contributed by atoms with Gasteiger partial charge in [0.2, 0.25) is 0 Å².